The maximum atomic E-state index is 11.5. The molecule has 0 spiro atoms. The maximum Gasteiger partial charge on any atom is 0.289 e. The van der Waals surface area contributed by atoms with E-state index in [0.717, 1.165) is 0 Å². The lowest BCUT2D eigenvalue weighted by atomic mass is 10.4. The molecule has 0 fully saturated rings. The first-order valence-corrected chi connectivity index (χ1v) is 4.75. The van der Waals surface area contributed by atoms with Crippen LogP contribution in [-0.2, 0) is 13.1 Å². The van der Waals surface area contributed by atoms with Crippen LogP contribution in [0, 0.1) is 0 Å². The van der Waals surface area contributed by atoms with E-state index in [1.54, 1.807) is 18.4 Å². The highest BCUT2D eigenvalue weighted by molar-refractivity contribution is 5.90. The van der Waals surface area contributed by atoms with Gasteiger partial charge < -0.3 is 19.9 Å². The summed E-state index contributed by atoms with van der Waals surface area (Å²) in [5.74, 6) is 0.811. The molecule has 0 saturated carbocycles. The molecule has 2 heterocycles. The zero-order chi connectivity index (χ0) is 11.4. The molecule has 0 aliphatic carbocycles. The Kier molecular flexibility index (Phi) is 3.02. The minimum absolute atomic E-state index is 0.145. The molecule has 0 radical (unpaired) electrons. The standard InChI is InChI=1S/C10H11N3O3/c11-4-9-12-6-8(16-9)10(14)13-5-7-2-1-3-15-7/h1-3,6H,4-5,11H2,(H,13,14). The van der Waals surface area contributed by atoms with E-state index in [-0.39, 0.29) is 18.2 Å². The highest BCUT2D eigenvalue weighted by Gasteiger charge is 2.11. The number of oxazole rings is 1. The smallest absolute Gasteiger partial charge is 0.289 e. The number of aromatic nitrogens is 1. The molecule has 0 atom stereocenters. The molecular weight excluding hydrogens is 210 g/mol. The van der Waals surface area contributed by atoms with Gasteiger partial charge in [-0.25, -0.2) is 4.98 Å². The molecule has 0 aliphatic rings. The lowest BCUT2D eigenvalue weighted by molar-refractivity contribution is 0.0918. The summed E-state index contributed by atoms with van der Waals surface area (Å²) >= 11 is 0. The number of furan rings is 1. The van der Waals surface area contributed by atoms with Crippen LogP contribution in [0.15, 0.2) is 33.4 Å². The summed E-state index contributed by atoms with van der Waals surface area (Å²) in [5, 5.41) is 2.63. The zero-order valence-corrected chi connectivity index (χ0v) is 8.47. The Morgan fingerprint density at radius 3 is 3.06 bits per heavy atom. The molecule has 1 amide bonds. The van der Waals surface area contributed by atoms with Crippen molar-refractivity contribution in [3.05, 3.63) is 42.0 Å². The lowest BCUT2D eigenvalue weighted by Gasteiger charge is -1.99. The van der Waals surface area contributed by atoms with Gasteiger partial charge in [0.1, 0.15) is 5.76 Å². The van der Waals surface area contributed by atoms with E-state index in [0.29, 0.717) is 18.2 Å². The van der Waals surface area contributed by atoms with E-state index in [9.17, 15) is 4.79 Å². The van der Waals surface area contributed by atoms with Crippen molar-refractivity contribution in [2.45, 2.75) is 13.1 Å². The fraction of sp³-hybridized carbons (Fsp3) is 0.200. The van der Waals surface area contributed by atoms with Crippen molar-refractivity contribution in [1.29, 1.82) is 0 Å². The number of nitrogens with one attached hydrogen (secondary N) is 1. The van der Waals surface area contributed by atoms with Crippen molar-refractivity contribution in [1.82, 2.24) is 10.3 Å². The first-order valence-electron chi connectivity index (χ1n) is 4.75. The Morgan fingerprint density at radius 2 is 2.44 bits per heavy atom. The van der Waals surface area contributed by atoms with Gasteiger partial charge in [0, 0.05) is 0 Å². The summed E-state index contributed by atoms with van der Waals surface area (Å²) in [5.41, 5.74) is 5.31. The van der Waals surface area contributed by atoms with Crippen molar-refractivity contribution >= 4 is 5.91 Å². The van der Waals surface area contributed by atoms with Crippen LogP contribution >= 0.6 is 0 Å². The molecule has 6 heteroatoms. The highest BCUT2D eigenvalue weighted by atomic mass is 16.4. The monoisotopic (exact) mass is 221 g/mol. The number of nitrogens with two attached hydrogens (primary N) is 1. The molecular formula is C10H11N3O3. The van der Waals surface area contributed by atoms with Crippen LogP contribution in [-0.4, -0.2) is 10.9 Å². The van der Waals surface area contributed by atoms with Crippen LogP contribution in [0.3, 0.4) is 0 Å². The maximum absolute atomic E-state index is 11.5. The predicted octanol–water partition coefficient (Wildman–Crippen LogP) is 0.656. The Morgan fingerprint density at radius 1 is 1.56 bits per heavy atom. The lowest BCUT2D eigenvalue weighted by Crippen LogP contribution is -2.21. The van der Waals surface area contributed by atoms with Crippen molar-refractivity contribution in [2.24, 2.45) is 5.73 Å². The summed E-state index contributed by atoms with van der Waals surface area (Å²) < 4.78 is 10.2. The number of amides is 1. The summed E-state index contributed by atoms with van der Waals surface area (Å²) in [6.07, 6.45) is 2.89. The van der Waals surface area contributed by atoms with Crippen LogP contribution in [0.5, 0.6) is 0 Å². The molecule has 3 N–H and O–H groups in total. The number of rotatable bonds is 4. The van der Waals surface area contributed by atoms with E-state index in [1.807, 2.05) is 0 Å². The van der Waals surface area contributed by atoms with Crippen LogP contribution in [0.4, 0.5) is 0 Å². The summed E-state index contributed by atoms with van der Waals surface area (Å²) in [4.78, 5) is 15.4. The number of carbonyl (C=O) groups is 1. The largest absolute Gasteiger partial charge is 0.467 e. The Hall–Kier alpha value is -2.08. The Labute approximate surface area is 91.4 Å². The first kappa shape index (κ1) is 10.4. The molecule has 2 rings (SSSR count). The summed E-state index contributed by atoms with van der Waals surface area (Å²) in [7, 11) is 0. The van der Waals surface area contributed by atoms with Gasteiger partial charge >= 0.3 is 0 Å². The van der Waals surface area contributed by atoms with E-state index in [2.05, 4.69) is 10.3 Å². The van der Waals surface area contributed by atoms with E-state index < -0.39 is 0 Å². The van der Waals surface area contributed by atoms with Crippen molar-refractivity contribution < 1.29 is 13.6 Å². The van der Waals surface area contributed by atoms with E-state index >= 15 is 0 Å². The molecule has 84 valence electrons. The van der Waals surface area contributed by atoms with Crippen LogP contribution in [0.1, 0.15) is 22.2 Å². The molecule has 0 aromatic carbocycles. The molecule has 0 bridgehead atoms. The molecule has 6 nitrogen and oxygen atoms in total. The topological polar surface area (TPSA) is 94.3 Å². The first-order chi connectivity index (χ1) is 7.79. The van der Waals surface area contributed by atoms with Crippen LogP contribution in [0.2, 0.25) is 0 Å². The molecule has 16 heavy (non-hydrogen) atoms. The summed E-state index contributed by atoms with van der Waals surface area (Å²) in [6.45, 7) is 0.482. The second-order valence-electron chi connectivity index (χ2n) is 3.08. The Bertz CT molecular complexity index is 461. The highest BCUT2D eigenvalue weighted by Crippen LogP contribution is 2.04. The van der Waals surface area contributed by atoms with Gasteiger partial charge in [-0.2, -0.15) is 0 Å². The molecule has 2 aromatic heterocycles. The molecule has 0 saturated heterocycles. The predicted molar refractivity (Wildman–Crippen MR) is 54.3 cm³/mol. The third-order valence-corrected chi connectivity index (χ3v) is 1.96. The third-order valence-electron chi connectivity index (χ3n) is 1.96. The second-order valence-corrected chi connectivity index (χ2v) is 3.08. The van der Waals surface area contributed by atoms with Crippen molar-refractivity contribution in [3.8, 4) is 0 Å². The second kappa shape index (κ2) is 4.63. The van der Waals surface area contributed by atoms with Gasteiger partial charge in [0.15, 0.2) is 0 Å². The summed E-state index contributed by atoms with van der Waals surface area (Å²) in [6, 6.07) is 3.52. The fourth-order valence-electron chi connectivity index (χ4n) is 1.18. The average molecular weight is 221 g/mol. The Balaban J connectivity index is 1.93. The molecule has 2 aromatic rings. The normalized spacial score (nSPS) is 10.3. The van der Waals surface area contributed by atoms with Gasteiger partial charge in [0.25, 0.3) is 5.91 Å². The van der Waals surface area contributed by atoms with Crippen molar-refractivity contribution in [3.63, 3.8) is 0 Å². The number of hydrogen-bond donors (Lipinski definition) is 2. The minimum Gasteiger partial charge on any atom is -0.467 e. The van der Waals surface area contributed by atoms with Crippen LogP contribution < -0.4 is 11.1 Å². The number of carbonyl (C=O) groups excluding carboxylic acids is 1. The number of hydrogen-bond acceptors (Lipinski definition) is 5. The molecule has 0 aliphatic heterocycles. The van der Waals surface area contributed by atoms with Gasteiger partial charge in [-0.15, -0.1) is 0 Å². The number of nitrogens with zero attached hydrogens (tertiary/aromatic N) is 1. The fourth-order valence-corrected chi connectivity index (χ4v) is 1.18. The van der Waals surface area contributed by atoms with Crippen LogP contribution in [0.25, 0.3) is 0 Å². The van der Waals surface area contributed by atoms with Gasteiger partial charge in [0.05, 0.1) is 25.5 Å². The average Bonchev–Trinajstić information content (AvgIpc) is 2.96. The zero-order valence-electron chi connectivity index (χ0n) is 8.47. The quantitative estimate of drug-likeness (QED) is 0.790. The van der Waals surface area contributed by atoms with Gasteiger partial charge in [0.2, 0.25) is 11.7 Å². The van der Waals surface area contributed by atoms with E-state index in [4.69, 9.17) is 14.6 Å². The molecule has 0 unspecified atom stereocenters. The van der Waals surface area contributed by atoms with Gasteiger partial charge in [-0.1, -0.05) is 0 Å². The minimum atomic E-state index is -0.344. The van der Waals surface area contributed by atoms with Crippen molar-refractivity contribution in [2.75, 3.05) is 0 Å². The van der Waals surface area contributed by atoms with Gasteiger partial charge in [-0.3, -0.25) is 4.79 Å². The van der Waals surface area contributed by atoms with Gasteiger partial charge in [-0.05, 0) is 12.1 Å². The third kappa shape index (κ3) is 2.29. The SMILES string of the molecule is NCc1ncc(C(=O)NCc2ccco2)o1. The van der Waals surface area contributed by atoms with E-state index in [1.165, 1.54) is 6.20 Å².